The minimum atomic E-state index is -4.34. The van der Waals surface area contributed by atoms with E-state index < -0.39 is 18.0 Å². The van der Waals surface area contributed by atoms with Crippen LogP contribution in [0.2, 0.25) is 0 Å². The SMILES string of the molecule is OC1CCCc2cnc(-c3ccc(C(F)(F)F)cc3)n21. The zero-order valence-electron chi connectivity index (χ0n) is 10.6. The lowest BCUT2D eigenvalue weighted by molar-refractivity contribution is -0.137. The summed E-state index contributed by atoms with van der Waals surface area (Å²) in [6.07, 6.45) is -0.973. The number of aryl methyl sites for hydroxylation is 1. The van der Waals surface area contributed by atoms with Gasteiger partial charge >= 0.3 is 6.18 Å². The normalized spacial score (nSPS) is 18.9. The molecule has 1 aromatic carbocycles. The maximum atomic E-state index is 12.5. The van der Waals surface area contributed by atoms with Gasteiger partial charge in [0.2, 0.25) is 0 Å². The molecule has 0 saturated heterocycles. The van der Waals surface area contributed by atoms with Crippen molar-refractivity contribution in [3.05, 3.63) is 41.7 Å². The third-order valence-corrected chi connectivity index (χ3v) is 3.54. The summed E-state index contributed by atoms with van der Waals surface area (Å²) in [5.74, 6) is 0.515. The van der Waals surface area contributed by atoms with Crippen LogP contribution in [-0.4, -0.2) is 14.7 Å². The number of aliphatic hydroxyl groups is 1. The lowest BCUT2D eigenvalue weighted by atomic mass is 10.1. The molecule has 0 bridgehead atoms. The van der Waals surface area contributed by atoms with Gasteiger partial charge < -0.3 is 9.67 Å². The van der Waals surface area contributed by atoms with Gasteiger partial charge in [-0.1, -0.05) is 12.1 Å². The minimum Gasteiger partial charge on any atom is -0.373 e. The molecule has 0 amide bonds. The molecular formula is C14H13F3N2O. The van der Waals surface area contributed by atoms with E-state index in [1.807, 2.05) is 0 Å². The predicted molar refractivity (Wildman–Crippen MR) is 66.9 cm³/mol. The second-order valence-electron chi connectivity index (χ2n) is 4.89. The third kappa shape index (κ3) is 2.20. The molecule has 0 radical (unpaired) electrons. The van der Waals surface area contributed by atoms with E-state index in [0.29, 0.717) is 17.8 Å². The lowest BCUT2D eigenvalue weighted by Crippen LogP contribution is -2.17. The summed E-state index contributed by atoms with van der Waals surface area (Å²) < 4.78 is 39.3. The monoisotopic (exact) mass is 282 g/mol. The zero-order chi connectivity index (χ0) is 14.3. The van der Waals surface area contributed by atoms with Gasteiger partial charge in [0.1, 0.15) is 12.1 Å². The topological polar surface area (TPSA) is 38.1 Å². The number of alkyl halides is 3. The highest BCUT2D eigenvalue weighted by molar-refractivity contribution is 5.57. The number of benzene rings is 1. The molecule has 106 valence electrons. The van der Waals surface area contributed by atoms with Crippen LogP contribution in [0.25, 0.3) is 11.4 Å². The van der Waals surface area contributed by atoms with E-state index in [1.54, 1.807) is 10.8 Å². The van der Waals surface area contributed by atoms with E-state index in [9.17, 15) is 18.3 Å². The molecule has 1 aromatic heterocycles. The highest BCUT2D eigenvalue weighted by atomic mass is 19.4. The average molecular weight is 282 g/mol. The molecule has 2 heterocycles. The number of halogens is 3. The number of imidazole rings is 1. The van der Waals surface area contributed by atoms with Crippen molar-refractivity contribution in [2.75, 3.05) is 0 Å². The van der Waals surface area contributed by atoms with Gasteiger partial charge in [-0.05, 0) is 31.4 Å². The molecule has 6 heteroatoms. The fraction of sp³-hybridized carbons (Fsp3) is 0.357. The Morgan fingerprint density at radius 3 is 2.55 bits per heavy atom. The Labute approximate surface area is 113 Å². The van der Waals surface area contributed by atoms with Crippen LogP contribution in [0.5, 0.6) is 0 Å². The lowest BCUT2D eigenvalue weighted by Gasteiger charge is -2.23. The minimum absolute atomic E-state index is 0.515. The summed E-state index contributed by atoms with van der Waals surface area (Å²) in [6.45, 7) is 0. The van der Waals surface area contributed by atoms with E-state index in [0.717, 1.165) is 30.7 Å². The first-order chi connectivity index (χ1) is 9.47. The fourth-order valence-corrected chi connectivity index (χ4v) is 2.53. The molecule has 1 N–H and O–H groups in total. The first-order valence-corrected chi connectivity index (χ1v) is 6.38. The summed E-state index contributed by atoms with van der Waals surface area (Å²) in [5.41, 5.74) is 0.802. The standard InChI is InChI=1S/C14H13F3N2O/c15-14(16,17)10-6-4-9(5-7-10)13-18-8-11-2-1-3-12(20)19(11)13/h4-8,12,20H,1-3H2. The summed E-state index contributed by atoms with van der Waals surface area (Å²) in [5, 5.41) is 10.0. The molecule has 1 aliphatic heterocycles. The van der Waals surface area contributed by atoms with Gasteiger partial charge in [-0.2, -0.15) is 13.2 Å². The molecule has 2 aromatic rings. The Morgan fingerprint density at radius 1 is 1.20 bits per heavy atom. The number of aromatic nitrogens is 2. The van der Waals surface area contributed by atoms with Crippen molar-refractivity contribution in [3.63, 3.8) is 0 Å². The van der Waals surface area contributed by atoms with Crippen molar-refractivity contribution >= 4 is 0 Å². The maximum absolute atomic E-state index is 12.5. The predicted octanol–water partition coefficient (Wildman–Crippen LogP) is 3.40. The summed E-state index contributed by atoms with van der Waals surface area (Å²) in [4.78, 5) is 4.23. The smallest absolute Gasteiger partial charge is 0.373 e. The largest absolute Gasteiger partial charge is 0.416 e. The summed E-state index contributed by atoms with van der Waals surface area (Å²) in [7, 11) is 0. The van der Waals surface area contributed by atoms with Crippen molar-refractivity contribution in [2.45, 2.75) is 31.7 Å². The van der Waals surface area contributed by atoms with Gasteiger partial charge in [0.05, 0.1) is 5.56 Å². The Kier molecular flexibility index (Phi) is 3.05. The van der Waals surface area contributed by atoms with Gasteiger partial charge in [0.25, 0.3) is 0 Å². The Hall–Kier alpha value is -1.82. The molecular weight excluding hydrogens is 269 g/mol. The van der Waals surface area contributed by atoms with E-state index in [1.165, 1.54) is 12.1 Å². The number of fused-ring (bicyclic) bond motifs is 1. The van der Waals surface area contributed by atoms with Crippen molar-refractivity contribution in [1.82, 2.24) is 9.55 Å². The fourth-order valence-electron chi connectivity index (χ4n) is 2.53. The van der Waals surface area contributed by atoms with Gasteiger partial charge in [0.15, 0.2) is 0 Å². The highest BCUT2D eigenvalue weighted by Crippen LogP contribution is 2.33. The number of nitrogens with zero attached hydrogens (tertiary/aromatic N) is 2. The van der Waals surface area contributed by atoms with Crippen LogP contribution in [0.15, 0.2) is 30.5 Å². The number of hydrogen-bond donors (Lipinski definition) is 1. The van der Waals surface area contributed by atoms with Crippen molar-refractivity contribution < 1.29 is 18.3 Å². The van der Waals surface area contributed by atoms with Gasteiger partial charge in [-0.15, -0.1) is 0 Å². The molecule has 1 unspecified atom stereocenters. The third-order valence-electron chi connectivity index (χ3n) is 3.54. The van der Waals surface area contributed by atoms with Gasteiger partial charge in [-0.25, -0.2) is 4.98 Å². The Balaban J connectivity index is 2.00. The molecule has 3 nitrogen and oxygen atoms in total. The highest BCUT2D eigenvalue weighted by Gasteiger charge is 2.30. The second-order valence-corrected chi connectivity index (χ2v) is 4.89. The first-order valence-electron chi connectivity index (χ1n) is 6.38. The molecule has 0 aliphatic carbocycles. The number of rotatable bonds is 1. The van der Waals surface area contributed by atoms with Crippen molar-refractivity contribution in [1.29, 1.82) is 0 Å². The van der Waals surface area contributed by atoms with Crippen molar-refractivity contribution in [3.8, 4) is 11.4 Å². The van der Waals surface area contributed by atoms with Crippen LogP contribution in [0, 0.1) is 0 Å². The van der Waals surface area contributed by atoms with E-state index in [4.69, 9.17) is 0 Å². The maximum Gasteiger partial charge on any atom is 0.416 e. The van der Waals surface area contributed by atoms with Crippen LogP contribution in [0.1, 0.15) is 30.3 Å². The molecule has 0 saturated carbocycles. The molecule has 20 heavy (non-hydrogen) atoms. The summed E-state index contributed by atoms with van der Waals surface area (Å²) >= 11 is 0. The van der Waals surface area contributed by atoms with Crippen LogP contribution < -0.4 is 0 Å². The molecule has 1 aliphatic rings. The quantitative estimate of drug-likeness (QED) is 0.870. The van der Waals surface area contributed by atoms with Crippen molar-refractivity contribution in [2.24, 2.45) is 0 Å². The number of aliphatic hydroxyl groups excluding tert-OH is 1. The first kappa shape index (κ1) is 13.2. The van der Waals surface area contributed by atoms with E-state index >= 15 is 0 Å². The van der Waals surface area contributed by atoms with Crippen LogP contribution >= 0.6 is 0 Å². The van der Waals surface area contributed by atoms with E-state index in [-0.39, 0.29) is 0 Å². The molecule has 3 rings (SSSR count). The van der Waals surface area contributed by atoms with Gasteiger partial charge in [-0.3, -0.25) is 0 Å². The Bertz CT molecular complexity index is 616. The molecule has 0 fully saturated rings. The van der Waals surface area contributed by atoms with Crippen LogP contribution in [-0.2, 0) is 12.6 Å². The molecule has 0 spiro atoms. The second kappa shape index (κ2) is 4.63. The van der Waals surface area contributed by atoms with Crippen LogP contribution in [0.3, 0.4) is 0 Å². The summed E-state index contributed by atoms with van der Waals surface area (Å²) in [6, 6.07) is 4.85. The van der Waals surface area contributed by atoms with Crippen LogP contribution in [0.4, 0.5) is 13.2 Å². The van der Waals surface area contributed by atoms with E-state index in [2.05, 4.69) is 4.98 Å². The zero-order valence-corrected chi connectivity index (χ0v) is 10.6. The Morgan fingerprint density at radius 2 is 1.90 bits per heavy atom. The molecule has 1 atom stereocenters. The van der Waals surface area contributed by atoms with Gasteiger partial charge in [0, 0.05) is 17.5 Å². The number of hydrogen-bond acceptors (Lipinski definition) is 2. The average Bonchev–Trinajstić information content (AvgIpc) is 2.83.